The molecule has 0 fully saturated rings. The lowest BCUT2D eigenvalue weighted by atomic mass is 10.0. The Kier molecular flexibility index (Phi) is 5.88. The fraction of sp³-hybridized carbons (Fsp3) is 0.917. The number of carbonyl (C=O) groups is 1. The van der Waals surface area contributed by atoms with Gasteiger partial charge in [-0.15, -0.1) is 0 Å². The van der Waals surface area contributed by atoms with Gasteiger partial charge in [0, 0.05) is 0 Å². The van der Waals surface area contributed by atoms with Gasteiger partial charge in [0.1, 0.15) is 0 Å². The molecule has 0 aromatic carbocycles. The molecule has 1 N–H and O–H groups in total. The molecule has 0 amide bonds. The lowest BCUT2D eigenvalue weighted by Gasteiger charge is -2.20. The molecule has 2 unspecified atom stereocenters. The van der Waals surface area contributed by atoms with Crippen LogP contribution in [-0.2, 0) is 9.53 Å². The van der Waals surface area contributed by atoms with Crippen LogP contribution >= 0.6 is 0 Å². The third-order valence-corrected chi connectivity index (χ3v) is 2.57. The van der Waals surface area contributed by atoms with Gasteiger partial charge in [-0.05, 0) is 39.5 Å². The molecule has 0 bridgehead atoms. The summed E-state index contributed by atoms with van der Waals surface area (Å²) in [5, 5.41) is 9.38. The van der Waals surface area contributed by atoms with Gasteiger partial charge in [-0.1, -0.05) is 20.3 Å². The van der Waals surface area contributed by atoms with Crippen molar-refractivity contribution >= 4 is 5.97 Å². The van der Waals surface area contributed by atoms with Gasteiger partial charge in [0.05, 0.1) is 6.10 Å². The average molecular weight is 216 g/mol. The number of rotatable bonds is 6. The van der Waals surface area contributed by atoms with E-state index in [1.165, 1.54) is 13.8 Å². The lowest BCUT2D eigenvalue weighted by Crippen LogP contribution is -2.35. The molecule has 3 nitrogen and oxygen atoms in total. The first-order chi connectivity index (χ1) is 6.77. The molecule has 0 aliphatic carbocycles. The SMILES string of the molecule is CCC(C)CCC(C)OC(=O)C(C)(C)O. The fourth-order valence-corrected chi connectivity index (χ4v) is 1.11. The summed E-state index contributed by atoms with van der Waals surface area (Å²) in [6.45, 7) is 9.09. The van der Waals surface area contributed by atoms with E-state index in [9.17, 15) is 9.90 Å². The third-order valence-electron chi connectivity index (χ3n) is 2.57. The van der Waals surface area contributed by atoms with E-state index < -0.39 is 11.6 Å². The molecule has 90 valence electrons. The van der Waals surface area contributed by atoms with Crippen LogP contribution in [0.3, 0.4) is 0 Å². The maximum atomic E-state index is 11.3. The van der Waals surface area contributed by atoms with Crippen LogP contribution in [0.4, 0.5) is 0 Å². The Balaban J connectivity index is 3.84. The zero-order valence-corrected chi connectivity index (χ0v) is 10.5. The van der Waals surface area contributed by atoms with Crippen LogP contribution in [-0.4, -0.2) is 22.8 Å². The van der Waals surface area contributed by atoms with Crippen molar-refractivity contribution < 1.29 is 14.6 Å². The standard InChI is InChI=1S/C12H24O3/c1-6-9(2)7-8-10(3)15-11(13)12(4,5)14/h9-10,14H,6-8H2,1-5H3. The highest BCUT2D eigenvalue weighted by atomic mass is 16.6. The van der Waals surface area contributed by atoms with Crippen molar-refractivity contribution in [3.8, 4) is 0 Å². The van der Waals surface area contributed by atoms with Gasteiger partial charge in [-0.25, -0.2) is 4.79 Å². The van der Waals surface area contributed by atoms with Crippen molar-refractivity contribution in [1.82, 2.24) is 0 Å². The van der Waals surface area contributed by atoms with Crippen molar-refractivity contribution in [2.45, 2.75) is 65.6 Å². The molecule has 0 heterocycles. The van der Waals surface area contributed by atoms with Crippen LogP contribution in [0.25, 0.3) is 0 Å². The number of hydrogen-bond donors (Lipinski definition) is 1. The van der Waals surface area contributed by atoms with Crippen molar-refractivity contribution in [3.05, 3.63) is 0 Å². The summed E-state index contributed by atoms with van der Waals surface area (Å²) in [7, 11) is 0. The normalized spacial score (nSPS) is 15.9. The number of carbonyl (C=O) groups excluding carboxylic acids is 1. The minimum Gasteiger partial charge on any atom is -0.461 e. The van der Waals surface area contributed by atoms with E-state index in [4.69, 9.17) is 4.74 Å². The summed E-state index contributed by atoms with van der Waals surface area (Å²) >= 11 is 0. The summed E-state index contributed by atoms with van der Waals surface area (Å²) in [4.78, 5) is 11.3. The van der Waals surface area contributed by atoms with Crippen molar-refractivity contribution in [1.29, 1.82) is 0 Å². The molecule has 0 aliphatic heterocycles. The molecule has 0 spiro atoms. The minimum absolute atomic E-state index is 0.113. The van der Waals surface area contributed by atoms with Crippen LogP contribution in [0.15, 0.2) is 0 Å². The first kappa shape index (κ1) is 14.4. The maximum absolute atomic E-state index is 11.3. The van der Waals surface area contributed by atoms with E-state index in [2.05, 4.69) is 13.8 Å². The Labute approximate surface area is 92.8 Å². The highest BCUT2D eigenvalue weighted by molar-refractivity contribution is 5.78. The zero-order valence-electron chi connectivity index (χ0n) is 10.5. The molecular weight excluding hydrogens is 192 g/mol. The van der Waals surface area contributed by atoms with Gasteiger partial charge < -0.3 is 9.84 Å². The molecule has 0 aromatic rings. The quantitative estimate of drug-likeness (QED) is 0.694. The molecule has 0 radical (unpaired) electrons. The number of ether oxygens (including phenoxy) is 1. The van der Waals surface area contributed by atoms with E-state index in [-0.39, 0.29) is 6.10 Å². The molecule has 0 saturated carbocycles. The fourth-order valence-electron chi connectivity index (χ4n) is 1.11. The van der Waals surface area contributed by atoms with Crippen molar-refractivity contribution in [2.24, 2.45) is 5.92 Å². The van der Waals surface area contributed by atoms with Crippen LogP contribution in [0.2, 0.25) is 0 Å². The smallest absolute Gasteiger partial charge is 0.337 e. The van der Waals surface area contributed by atoms with Crippen LogP contribution < -0.4 is 0 Å². The summed E-state index contributed by atoms with van der Waals surface area (Å²) in [5.74, 6) is 0.118. The predicted octanol–water partition coefficient (Wildman–Crippen LogP) is 2.52. The highest BCUT2D eigenvalue weighted by Gasteiger charge is 2.27. The molecule has 0 saturated heterocycles. The van der Waals surface area contributed by atoms with Gasteiger partial charge in [0.2, 0.25) is 0 Å². The Bertz CT molecular complexity index is 194. The Morgan fingerprint density at radius 3 is 2.27 bits per heavy atom. The van der Waals surface area contributed by atoms with E-state index in [1.54, 1.807) is 0 Å². The van der Waals surface area contributed by atoms with E-state index in [1.807, 2.05) is 6.92 Å². The predicted molar refractivity (Wildman–Crippen MR) is 60.5 cm³/mol. The molecule has 0 aromatic heterocycles. The van der Waals surface area contributed by atoms with Gasteiger partial charge in [0.15, 0.2) is 5.60 Å². The molecule has 3 heteroatoms. The lowest BCUT2D eigenvalue weighted by molar-refractivity contribution is -0.167. The summed E-state index contributed by atoms with van der Waals surface area (Å²) in [6, 6.07) is 0. The third kappa shape index (κ3) is 6.50. The van der Waals surface area contributed by atoms with Gasteiger partial charge in [-0.2, -0.15) is 0 Å². The van der Waals surface area contributed by atoms with Gasteiger partial charge in [0.25, 0.3) is 0 Å². The molecule has 0 rings (SSSR count). The zero-order chi connectivity index (χ0) is 12.1. The summed E-state index contributed by atoms with van der Waals surface area (Å²) in [6.07, 6.45) is 2.94. The molecule has 0 aliphatic rings. The summed E-state index contributed by atoms with van der Waals surface area (Å²) < 4.78 is 5.12. The first-order valence-electron chi connectivity index (χ1n) is 5.70. The minimum atomic E-state index is -1.38. The van der Waals surface area contributed by atoms with Crippen LogP contribution in [0.1, 0.15) is 53.9 Å². The second-order valence-corrected chi connectivity index (χ2v) is 4.87. The second kappa shape index (κ2) is 6.11. The highest BCUT2D eigenvalue weighted by Crippen LogP contribution is 2.14. The van der Waals surface area contributed by atoms with E-state index >= 15 is 0 Å². The number of hydrogen-bond acceptors (Lipinski definition) is 3. The van der Waals surface area contributed by atoms with E-state index in [0.29, 0.717) is 5.92 Å². The van der Waals surface area contributed by atoms with Crippen LogP contribution in [0, 0.1) is 5.92 Å². The Morgan fingerprint density at radius 1 is 1.33 bits per heavy atom. The average Bonchev–Trinajstić information content (AvgIpc) is 2.12. The second-order valence-electron chi connectivity index (χ2n) is 4.87. The van der Waals surface area contributed by atoms with E-state index in [0.717, 1.165) is 19.3 Å². The molecule has 15 heavy (non-hydrogen) atoms. The molecule has 2 atom stereocenters. The van der Waals surface area contributed by atoms with Crippen LogP contribution in [0.5, 0.6) is 0 Å². The largest absolute Gasteiger partial charge is 0.461 e. The van der Waals surface area contributed by atoms with Crippen molar-refractivity contribution in [3.63, 3.8) is 0 Å². The Morgan fingerprint density at radius 2 is 1.87 bits per heavy atom. The van der Waals surface area contributed by atoms with Gasteiger partial charge >= 0.3 is 5.97 Å². The summed E-state index contributed by atoms with van der Waals surface area (Å²) in [5.41, 5.74) is -1.38. The monoisotopic (exact) mass is 216 g/mol. The number of esters is 1. The van der Waals surface area contributed by atoms with Crippen molar-refractivity contribution in [2.75, 3.05) is 0 Å². The maximum Gasteiger partial charge on any atom is 0.337 e. The molecular formula is C12H24O3. The van der Waals surface area contributed by atoms with Gasteiger partial charge in [-0.3, -0.25) is 0 Å². The number of aliphatic hydroxyl groups is 1. The topological polar surface area (TPSA) is 46.5 Å². The first-order valence-corrected chi connectivity index (χ1v) is 5.70. The Hall–Kier alpha value is -0.570.